The third-order valence-corrected chi connectivity index (χ3v) is 13.2. The number of allylic oxidation sites excluding steroid dienone is 4. The largest absolute Gasteiger partial charge is 0.454 e. The Labute approximate surface area is 366 Å². The molecule has 2 aromatic heterocycles. The molecule has 0 fully saturated rings. The Morgan fingerprint density at radius 2 is 1.29 bits per heavy atom. The smallest absolute Gasteiger partial charge is 0.162 e. The Balaban J connectivity index is 1.01. The highest BCUT2D eigenvalue weighted by molar-refractivity contribution is 6.20. The number of fused-ring (bicyclic) bond motifs is 8. The van der Waals surface area contributed by atoms with Crippen molar-refractivity contribution >= 4 is 65.8 Å². The maximum Gasteiger partial charge on any atom is 0.162 e. The molecule has 0 bridgehead atoms. The summed E-state index contributed by atoms with van der Waals surface area (Å²) in [5.74, 6) is 0.960. The van der Waals surface area contributed by atoms with Gasteiger partial charge >= 0.3 is 0 Å². The van der Waals surface area contributed by atoms with Gasteiger partial charge in [0.25, 0.3) is 0 Å². The van der Waals surface area contributed by atoms with Crippen molar-refractivity contribution in [1.82, 2.24) is 9.88 Å². The molecule has 2 unspecified atom stereocenters. The maximum atomic E-state index is 6.78. The highest BCUT2D eigenvalue weighted by Crippen LogP contribution is 2.47. The van der Waals surface area contributed by atoms with Crippen molar-refractivity contribution in [2.75, 3.05) is 7.05 Å². The number of amidine groups is 1. The van der Waals surface area contributed by atoms with E-state index in [0.717, 1.165) is 78.8 Å². The van der Waals surface area contributed by atoms with Crippen molar-refractivity contribution < 1.29 is 4.42 Å². The minimum absolute atomic E-state index is 0.0197. The second-order valence-corrected chi connectivity index (χ2v) is 17.2. The first-order chi connectivity index (χ1) is 31.0. The molecule has 4 nitrogen and oxygen atoms in total. The molecule has 0 saturated heterocycles. The van der Waals surface area contributed by atoms with Gasteiger partial charge in [0.05, 0.1) is 17.3 Å². The molecule has 63 heavy (non-hydrogen) atoms. The van der Waals surface area contributed by atoms with Crippen LogP contribution >= 0.6 is 0 Å². The van der Waals surface area contributed by atoms with Gasteiger partial charge in [-0.05, 0) is 86.1 Å². The van der Waals surface area contributed by atoms with E-state index in [2.05, 4.69) is 219 Å². The van der Waals surface area contributed by atoms with Crippen LogP contribution in [0, 0.1) is 5.41 Å². The second-order valence-electron chi connectivity index (χ2n) is 17.2. The van der Waals surface area contributed by atoms with Gasteiger partial charge in [0.2, 0.25) is 0 Å². The zero-order valence-corrected chi connectivity index (χ0v) is 35.2. The molecule has 2 aliphatic rings. The van der Waals surface area contributed by atoms with Crippen LogP contribution in [-0.4, -0.2) is 22.8 Å². The molecule has 0 spiro atoms. The zero-order valence-electron chi connectivity index (χ0n) is 35.2. The van der Waals surface area contributed by atoms with E-state index < -0.39 is 5.41 Å². The molecule has 10 aromatic rings. The lowest BCUT2D eigenvalue weighted by Crippen LogP contribution is -2.36. The molecule has 3 heterocycles. The molecule has 4 heteroatoms. The van der Waals surface area contributed by atoms with E-state index in [0.29, 0.717) is 0 Å². The minimum atomic E-state index is -0.414. The third-order valence-electron chi connectivity index (χ3n) is 13.2. The van der Waals surface area contributed by atoms with Crippen molar-refractivity contribution in [2.24, 2.45) is 10.4 Å². The summed E-state index contributed by atoms with van der Waals surface area (Å²) >= 11 is 0. The molecule has 12 rings (SSSR count). The Morgan fingerprint density at radius 3 is 2.13 bits per heavy atom. The number of hydrogen-bond donors (Lipinski definition) is 0. The average molecular weight is 810 g/mol. The number of benzene rings is 8. The van der Waals surface area contributed by atoms with E-state index in [1.165, 1.54) is 38.2 Å². The molecule has 1 aliphatic heterocycles. The van der Waals surface area contributed by atoms with E-state index in [-0.39, 0.29) is 6.04 Å². The first-order valence-corrected chi connectivity index (χ1v) is 21.8. The van der Waals surface area contributed by atoms with Crippen LogP contribution in [0.3, 0.4) is 0 Å². The zero-order chi connectivity index (χ0) is 42.1. The quantitative estimate of drug-likeness (QED) is 0.157. The molecule has 300 valence electrons. The summed E-state index contributed by atoms with van der Waals surface area (Å²) < 4.78 is 6.78. The molecule has 0 amide bonds. The van der Waals surface area contributed by atoms with Crippen LogP contribution in [0.5, 0.6) is 0 Å². The van der Waals surface area contributed by atoms with Gasteiger partial charge in [-0.25, -0.2) is 9.98 Å². The normalized spacial score (nSPS) is 17.7. The maximum absolute atomic E-state index is 6.78. The van der Waals surface area contributed by atoms with Crippen LogP contribution in [0.4, 0.5) is 0 Å². The van der Waals surface area contributed by atoms with Crippen LogP contribution in [-0.2, 0) is 0 Å². The van der Waals surface area contributed by atoms with Gasteiger partial charge in [-0.3, -0.25) is 0 Å². The Bertz CT molecular complexity index is 3580. The van der Waals surface area contributed by atoms with E-state index in [1.807, 2.05) is 6.07 Å². The number of aliphatic imine (C=N–C) groups is 1. The van der Waals surface area contributed by atoms with Gasteiger partial charge in [0.15, 0.2) is 5.58 Å². The third kappa shape index (κ3) is 6.21. The van der Waals surface area contributed by atoms with Crippen LogP contribution in [0.1, 0.15) is 36.2 Å². The Morgan fingerprint density at radius 1 is 0.603 bits per heavy atom. The van der Waals surface area contributed by atoms with Crippen molar-refractivity contribution in [3.05, 3.63) is 229 Å². The number of aromatic nitrogens is 1. The number of pyridine rings is 1. The van der Waals surface area contributed by atoms with Crippen molar-refractivity contribution in [3.63, 3.8) is 0 Å². The standard InChI is InChI=1S/C59H43N3O/c1-59(54-36-52(38-17-5-3-6-18-38)62(2)58(61-54)39-19-7-4-8-20-39)32-16-24-44(37-59)56-57-55(49-28-13-14-29-53(49)63-57)48-31-30-41(35-51(48)60-56)40-22-15-23-42(33-40)50-34-43-21-9-10-25-45(43)46-26-11-12-27-47(46)50/h3-31,33-37,52H,32H2,1-2H3. The summed E-state index contributed by atoms with van der Waals surface area (Å²) in [4.78, 5) is 13.3. The van der Waals surface area contributed by atoms with Gasteiger partial charge < -0.3 is 9.32 Å². The summed E-state index contributed by atoms with van der Waals surface area (Å²) in [7, 11) is 2.15. The van der Waals surface area contributed by atoms with Crippen LogP contribution in [0.25, 0.3) is 82.2 Å². The Kier molecular flexibility index (Phi) is 8.62. The molecule has 1 aliphatic carbocycles. The molecule has 0 saturated carbocycles. The number of para-hydroxylation sites is 1. The van der Waals surface area contributed by atoms with Crippen LogP contribution in [0.15, 0.2) is 221 Å². The average Bonchev–Trinajstić information content (AvgIpc) is 3.74. The van der Waals surface area contributed by atoms with Crippen LogP contribution in [0.2, 0.25) is 0 Å². The van der Waals surface area contributed by atoms with Crippen molar-refractivity contribution in [3.8, 4) is 22.3 Å². The van der Waals surface area contributed by atoms with Gasteiger partial charge in [0, 0.05) is 39.8 Å². The Hall–Kier alpha value is -7.82. The molecule has 0 radical (unpaired) electrons. The number of rotatable bonds is 6. The van der Waals surface area contributed by atoms with E-state index in [1.54, 1.807) is 0 Å². The van der Waals surface area contributed by atoms with Gasteiger partial charge in [-0.2, -0.15) is 0 Å². The van der Waals surface area contributed by atoms with Gasteiger partial charge in [-0.1, -0.05) is 183 Å². The summed E-state index contributed by atoms with van der Waals surface area (Å²) in [5, 5.41) is 8.28. The highest BCUT2D eigenvalue weighted by atomic mass is 16.3. The van der Waals surface area contributed by atoms with E-state index in [4.69, 9.17) is 14.4 Å². The molecular weight excluding hydrogens is 767 g/mol. The lowest BCUT2D eigenvalue weighted by atomic mass is 9.76. The predicted octanol–water partition coefficient (Wildman–Crippen LogP) is 15.1. The SMILES string of the molecule is CN1C(c2ccccc2)=NC(C2(C)C=C(c3nc4cc(-c5cccc(-c6cc7ccccc7c7ccccc67)c5)ccc4c4c3oc3ccccc34)C=CC2)=CC1c1ccccc1. The summed E-state index contributed by atoms with van der Waals surface area (Å²) in [5.41, 5.74) is 12.1. The first kappa shape index (κ1) is 37.0. The fourth-order valence-electron chi connectivity index (χ4n) is 9.99. The van der Waals surface area contributed by atoms with E-state index in [9.17, 15) is 0 Å². The summed E-state index contributed by atoms with van der Waals surface area (Å²) in [6.45, 7) is 2.31. The number of furan rings is 1. The van der Waals surface area contributed by atoms with Crippen molar-refractivity contribution in [2.45, 2.75) is 19.4 Å². The molecule has 0 N–H and O–H groups in total. The summed E-state index contributed by atoms with van der Waals surface area (Å²) in [6, 6.07) is 65.0. The van der Waals surface area contributed by atoms with Gasteiger partial charge in [0.1, 0.15) is 17.1 Å². The monoisotopic (exact) mass is 809 g/mol. The van der Waals surface area contributed by atoms with Crippen molar-refractivity contribution in [1.29, 1.82) is 0 Å². The summed E-state index contributed by atoms with van der Waals surface area (Å²) in [6.07, 6.45) is 10.0. The highest BCUT2D eigenvalue weighted by Gasteiger charge is 2.35. The van der Waals surface area contributed by atoms with E-state index >= 15 is 0 Å². The van der Waals surface area contributed by atoms with Gasteiger partial charge in [-0.15, -0.1) is 0 Å². The number of hydrogen-bond acceptors (Lipinski definition) is 4. The lowest BCUT2D eigenvalue weighted by molar-refractivity contribution is 0.408. The second kappa shape index (κ2) is 14.7. The minimum Gasteiger partial charge on any atom is -0.454 e. The molecule has 2 atom stereocenters. The molecular formula is C59H43N3O. The van der Waals surface area contributed by atoms with Crippen LogP contribution < -0.4 is 0 Å². The lowest BCUT2D eigenvalue weighted by Gasteiger charge is -2.38. The predicted molar refractivity (Wildman–Crippen MR) is 263 cm³/mol. The molecule has 8 aromatic carbocycles. The number of nitrogens with zero attached hydrogens (tertiary/aromatic N) is 3. The topological polar surface area (TPSA) is 41.6 Å². The first-order valence-electron chi connectivity index (χ1n) is 21.8. The fourth-order valence-corrected chi connectivity index (χ4v) is 9.99. The number of likely N-dealkylation sites (N-methyl/N-ethyl adjacent to an activating group) is 1. The fraction of sp³-hybridized carbons (Fsp3) is 0.0847.